The first kappa shape index (κ1) is 19.1. The van der Waals surface area contributed by atoms with Gasteiger partial charge >= 0.3 is 0 Å². The summed E-state index contributed by atoms with van der Waals surface area (Å²) in [5.41, 5.74) is 7.22. The third kappa shape index (κ3) is 3.35. The normalized spacial score (nSPS) is 10.7. The van der Waals surface area contributed by atoms with Crippen LogP contribution in [0.1, 0.15) is 26.3 Å². The molecule has 148 valence electrons. The predicted octanol–water partition coefficient (Wildman–Crippen LogP) is 4.12. The molecule has 0 fully saturated rings. The van der Waals surface area contributed by atoms with Crippen molar-refractivity contribution in [2.45, 2.75) is 6.92 Å². The van der Waals surface area contributed by atoms with E-state index in [1.54, 1.807) is 43.3 Å². The Bertz CT molecular complexity index is 1340. The summed E-state index contributed by atoms with van der Waals surface area (Å²) in [5, 5.41) is 3.00. The highest BCUT2D eigenvalue weighted by Gasteiger charge is 2.19. The van der Waals surface area contributed by atoms with Crippen molar-refractivity contribution >= 4 is 28.5 Å². The molecule has 3 aromatic carbocycles. The molecule has 1 aromatic heterocycles. The number of hydrogen-bond acceptors (Lipinski definition) is 4. The van der Waals surface area contributed by atoms with Crippen LogP contribution in [-0.2, 0) is 0 Å². The second-order valence-electron chi connectivity index (χ2n) is 6.80. The monoisotopic (exact) mass is 398 g/mol. The van der Waals surface area contributed by atoms with Crippen LogP contribution < -0.4 is 16.5 Å². The minimum Gasteiger partial charge on any atom is -0.455 e. The molecule has 2 amide bonds. The number of carbonyl (C=O) groups is 2. The minimum absolute atomic E-state index is 0.181. The Hall–Kier alpha value is -4.19. The van der Waals surface area contributed by atoms with Crippen molar-refractivity contribution in [2.75, 3.05) is 5.32 Å². The SMILES string of the molecule is Cc1c(-c2ccccc2)oc2c(C(=O)Nc3ccccc3C(N)=O)cccc2c1=O. The van der Waals surface area contributed by atoms with Gasteiger partial charge in [-0.25, -0.2) is 0 Å². The van der Waals surface area contributed by atoms with Crippen molar-refractivity contribution in [1.82, 2.24) is 0 Å². The molecule has 6 heteroatoms. The van der Waals surface area contributed by atoms with Gasteiger partial charge in [0, 0.05) is 11.1 Å². The standard InChI is InChI=1S/C24H18N2O4/c1-14-20(27)17-11-7-12-18(22(17)30-21(14)15-8-3-2-4-9-15)24(29)26-19-13-6-5-10-16(19)23(25)28/h2-13H,1H3,(H2,25,28)(H,26,29). The maximum absolute atomic E-state index is 13.0. The van der Waals surface area contributed by atoms with Gasteiger partial charge in [-0.05, 0) is 31.2 Å². The average molecular weight is 398 g/mol. The Balaban J connectivity index is 1.86. The zero-order chi connectivity index (χ0) is 21.3. The van der Waals surface area contributed by atoms with E-state index in [2.05, 4.69) is 5.32 Å². The van der Waals surface area contributed by atoms with Gasteiger partial charge in [0.05, 0.1) is 22.2 Å². The molecule has 1 heterocycles. The molecule has 0 atom stereocenters. The highest BCUT2D eigenvalue weighted by Crippen LogP contribution is 2.28. The van der Waals surface area contributed by atoms with Crippen LogP contribution in [0.25, 0.3) is 22.3 Å². The Morgan fingerprint density at radius 3 is 2.27 bits per heavy atom. The number of carbonyl (C=O) groups excluding carboxylic acids is 2. The lowest BCUT2D eigenvalue weighted by molar-refractivity contribution is 0.100. The van der Waals surface area contributed by atoms with Gasteiger partial charge in [-0.3, -0.25) is 14.4 Å². The summed E-state index contributed by atoms with van der Waals surface area (Å²) in [4.78, 5) is 37.6. The van der Waals surface area contributed by atoms with E-state index in [4.69, 9.17) is 10.2 Å². The molecule has 6 nitrogen and oxygen atoms in total. The quantitative estimate of drug-likeness (QED) is 0.540. The van der Waals surface area contributed by atoms with E-state index in [0.717, 1.165) is 5.56 Å². The Morgan fingerprint density at radius 2 is 1.53 bits per heavy atom. The van der Waals surface area contributed by atoms with Gasteiger partial charge in [-0.1, -0.05) is 48.5 Å². The maximum Gasteiger partial charge on any atom is 0.259 e. The van der Waals surface area contributed by atoms with Crippen molar-refractivity contribution < 1.29 is 14.0 Å². The lowest BCUT2D eigenvalue weighted by Crippen LogP contribution is -2.19. The first-order valence-corrected chi connectivity index (χ1v) is 9.29. The molecule has 0 unspecified atom stereocenters. The van der Waals surface area contributed by atoms with Crippen molar-refractivity contribution in [3.63, 3.8) is 0 Å². The summed E-state index contributed by atoms with van der Waals surface area (Å²) in [6, 6.07) is 20.5. The van der Waals surface area contributed by atoms with Crippen LogP contribution in [0, 0.1) is 6.92 Å². The van der Waals surface area contributed by atoms with Gasteiger partial charge in [0.2, 0.25) is 0 Å². The summed E-state index contributed by atoms with van der Waals surface area (Å²) in [6.07, 6.45) is 0. The molecule has 30 heavy (non-hydrogen) atoms. The van der Waals surface area contributed by atoms with Crippen LogP contribution in [0.4, 0.5) is 5.69 Å². The number of fused-ring (bicyclic) bond motifs is 1. The lowest BCUT2D eigenvalue weighted by atomic mass is 10.0. The number of benzene rings is 3. The van der Waals surface area contributed by atoms with Crippen LogP contribution in [-0.4, -0.2) is 11.8 Å². The summed E-state index contributed by atoms with van der Waals surface area (Å²) >= 11 is 0. The Morgan fingerprint density at radius 1 is 0.867 bits per heavy atom. The van der Waals surface area contributed by atoms with Gasteiger partial charge in [0.15, 0.2) is 11.0 Å². The van der Waals surface area contributed by atoms with Gasteiger partial charge in [0.25, 0.3) is 11.8 Å². The number of amides is 2. The zero-order valence-corrected chi connectivity index (χ0v) is 16.1. The number of anilines is 1. The summed E-state index contributed by atoms with van der Waals surface area (Å²) in [7, 11) is 0. The van der Waals surface area contributed by atoms with E-state index in [0.29, 0.717) is 16.7 Å². The molecule has 0 saturated heterocycles. The molecule has 0 bridgehead atoms. The third-order valence-electron chi connectivity index (χ3n) is 4.87. The summed E-state index contributed by atoms with van der Waals surface area (Å²) in [6.45, 7) is 1.70. The van der Waals surface area contributed by atoms with Gasteiger partial charge in [0.1, 0.15) is 5.76 Å². The number of rotatable bonds is 4. The van der Waals surface area contributed by atoms with Crippen LogP contribution in [0.15, 0.2) is 82.0 Å². The largest absolute Gasteiger partial charge is 0.455 e. The van der Waals surface area contributed by atoms with Crippen LogP contribution in [0.5, 0.6) is 0 Å². The van der Waals surface area contributed by atoms with Crippen LogP contribution >= 0.6 is 0 Å². The molecule has 0 spiro atoms. The average Bonchev–Trinajstić information content (AvgIpc) is 2.76. The van der Waals surface area contributed by atoms with E-state index in [9.17, 15) is 14.4 Å². The molecule has 0 aliphatic rings. The molecular formula is C24H18N2O4. The highest BCUT2D eigenvalue weighted by atomic mass is 16.3. The molecule has 0 saturated carbocycles. The maximum atomic E-state index is 13.0. The molecular weight excluding hydrogens is 380 g/mol. The number of hydrogen-bond donors (Lipinski definition) is 2. The molecule has 3 N–H and O–H groups in total. The first-order valence-electron chi connectivity index (χ1n) is 9.29. The topological polar surface area (TPSA) is 102 Å². The summed E-state index contributed by atoms with van der Waals surface area (Å²) < 4.78 is 6.07. The second-order valence-corrected chi connectivity index (χ2v) is 6.80. The molecule has 4 rings (SSSR count). The van der Waals surface area contributed by atoms with E-state index >= 15 is 0 Å². The van der Waals surface area contributed by atoms with E-state index in [-0.39, 0.29) is 27.8 Å². The van der Waals surface area contributed by atoms with E-state index < -0.39 is 11.8 Å². The van der Waals surface area contributed by atoms with Crippen molar-refractivity contribution in [3.8, 4) is 11.3 Å². The number of primary amides is 1. The lowest BCUT2D eigenvalue weighted by Gasteiger charge is -2.12. The van der Waals surface area contributed by atoms with Crippen LogP contribution in [0.3, 0.4) is 0 Å². The number of para-hydroxylation sites is 2. The fraction of sp³-hybridized carbons (Fsp3) is 0.0417. The van der Waals surface area contributed by atoms with Gasteiger partial charge in [-0.15, -0.1) is 0 Å². The van der Waals surface area contributed by atoms with Gasteiger partial charge < -0.3 is 15.5 Å². The van der Waals surface area contributed by atoms with E-state index in [1.807, 2.05) is 30.3 Å². The molecule has 0 aliphatic heterocycles. The van der Waals surface area contributed by atoms with Crippen LogP contribution in [0.2, 0.25) is 0 Å². The highest BCUT2D eigenvalue weighted by molar-refractivity contribution is 6.13. The smallest absolute Gasteiger partial charge is 0.259 e. The van der Waals surface area contributed by atoms with E-state index in [1.165, 1.54) is 6.07 Å². The summed E-state index contributed by atoms with van der Waals surface area (Å²) in [5.74, 6) is -0.761. The zero-order valence-electron chi connectivity index (χ0n) is 16.1. The second kappa shape index (κ2) is 7.67. The minimum atomic E-state index is -0.655. The number of nitrogens with two attached hydrogens (primary N) is 1. The molecule has 4 aromatic rings. The number of nitrogens with one attached hydrogen (secondary N) is 1. The fourth-order valence-electron chi connectivity index (χ4n) is 3.35. The van der Waals surface area contributed by atoms with Crippen molar-refractivity contribution in [3.05, 3.63) is 99.7 Å². The Labute approximate surface area is 172 Å². The first-order chi connectivity index (χ1) is 14.5. The fourth-order valence-corrected chi connectivity index (χ4v) is 3.35. The molecule has 0 radical (unpaired) electrons. The molecule has 0 aliphatic carbocycles. The van der Waals surface area contributed by atoms with Gasteiger partial charge in [-0.2, -0.15) is 0 Å². The predicted molar refractivity (Wildman–Crippen MR) is 116 cm³/mol. The van der Waals surface area contributed by atoms with Crippen molar-refractivity contribution in [2.24, 2.45) is 5.73 Å². The Kier molecular flexibility index (Phi) is 4.90. The van der Waals surface area contributed by atoms with Crippen molar-refractivity contribution in [1.29, 1.82) is 0 Å². The third-order valence-corrected chi connectivity index (χ3v) is 4.87.